The topological polar surface area (TPSA) is 195 Å². The predicted molar refractivity (Wildman–Crippen MR) is 121 cm³/mol. The number of nitrogens with one attached hydrogen (secondary N) is 1. The fourth-order valence-electron chi connectivity index (χ4n) is 2.73. The summed E-state index contributed by atoms with van der Waals surface area (Å²) >= 11 is 0. The number of aliphatic hydroxyl groups excluding tert-OH is 2. The molecule has 1 aliphatic rings. The lowest BCUT2D eigenvalue weighted by Gasteiger charge is -2.34. The maximum Gasteiger partial charge on any atom is 0.331 e. The number of esters is 3. The molecule has 0 aliphatic carbocycles. The molecule has 0 aromatic rings. The first-order chi connectivity index (χ1) is 16.2. The number of carbonyl (C=O) groups is 5. The van der Waals surface area contributed by atoms with E-state index in [4.69, 9.17) is 34.0 Å². The van der Waals surface area contributed by atoms with E-state index in [0.717, 1.165) is 6.92 Å². The number of aliphatic hydroxyl groups is 2. The Balaban J connectivity index is 0. The van der Waals surface area contributed by atoms with Gasteiger partial charge in [0.2, 0.25) is 5.91 Å². The highest BCUT2D eigenvalue weighted by atomic mass is 16.6. The molecule has 0 saturated carbocycles. The number of carboxylic acid groups (broad SMARTS) is 1. The Bertz CT molecular complexity index is 689. The lowest BCUT2D eigenvalue weighted by molar-refractivity contribution is -0.170. The maximum atomic E-state index is 12.2. The number of aliphatic carboxylic acids is 1. The molecule has 13 nitrogen and oxygen atoms in total. The minimum atomic E-state index is -1.16. The van der Waals surface area contributed by atoms with Crippen LogP contribution < -0.4 is 5.32 Å². The van der Waals surface area contributed by atoms with Crippen LogP contribution in [0.5, 0.6) is 0 Å². The van der Waals surface area contributed by atoms with Crippen molar-refractivity contribution in [3.8, 4) is 0 Å². The zero-order valence-corrected chi connectivity index (χ0v) is 20.8. The van der Waals surface area contributed by atoms with Crippen molar-refractivity contribution in [3.05, 3.63) is 12.3 Å². The molecule has 0 bridgehead atoms. The average Bonchev–Trinajstić information content (AvgIpc) is 2.69. The van der Waals surface area contributed by atoms with Gasteiger partial charge in [-0.15, -0.1) is 0 Å². The standard InChI is InChI=1S/C17H27NO9.C3H6O.C2H4O2/c1-4-24-17(23)15(8-19)18-16(22)7-13-5-12(26-11(3)21)6-14(27-13)9-25-10(2)20;1-3(2)4;1-2(3)4/h12-15,19H,4-9H2,1-3H3,(H,18,22);4H,1H2,2H3;1H3,(H,3,4). The molecule has 0 radical (unpaired) electrons. The van der Waals surface area contributed by atoms with Gasteiger partial charge in [0, 0.05) is 33.6 Å². The van der Waals surface area contributed by atoms with E-state index < -0.39 is 60.7 Å². The van der Waals surface area contributed by atoms with Crippen LogP contribution in [-0.2, 0) is 42.9 Å². The van der Waals surface area contributed by atoms with Crippen LogP contribution in [0.3, 0.4) is 0 Å². The second-order valence-corrected chi connectivity index (χ2v) is 7.40. The van der Waals surface area contributed by atoms with Gasteiger partial charge in [-0.2, -0.15) is 0 Å². The van der Waals surface area contributed by atoms with Gasteiger partial charge in [0.1, 0.15) is 12.7 Å². The van der Waals surface area contributed by atoms with Crippen LogP contribution in [0.2, 0.25) is 0 Å². The maximum absolute atomic E-state index is 12.2. The summed E-state index contributed by atoms with van der Waals surface area (Å²) in [5, 5.41) is 26.9. The molecular weight excluding hydrogens is 470 g/mol. The monoisotopic (exact) mass is 507 g/mol. The molecule has 4 unspecified atom stereocenters. The van der Waals surface area contributed by atoms with Crippen molar-refractivity contribution in [1.82, 2.24) is 5.32 Å². The van der Waals surface area contributed by atoms with Crippen molar-refractivity contribution in [2.24, 2.45) is 0 Å². The molecule has 4 N–H and O–H groups in total. The Morgan fingerprint density at radius 2 is 1.51 bits per heavy atom. The Morgan fingerprint density at radius 3 is 1.94 bits per heavy atom. The molecule has 0 aromatic carbocycles. The highest BCUT2D eigenvalue weighted by Gasteiger charge is 2.34. The summed E-state index contributed by atoms with van der Waals surface area (Å²) in [6.07, 6.45) is -1.11. The van der Waals surface area contributed by atoms with Crippen molar-refractivity contribution in [1.29, 1.82) is 0 Å². The molecule has 1 rings (SSSR count). The van der Waals surface area contributed by atoms with Crippen LogP contribution in [0.4, 0.5) is 0 Å². The van der Waals surface area contributed by atoms with E-state index in [1.807, 2.05) is 0 Å². The first-order valence-electron chi connectivity index (χ1n) is 10.8. The van der Waals surface area contributed by atoms with Crippen LogP contribution in [-0.4, -0.2) is 89.3 Å². The van der Waals surface area contributed by atoms with Gasteiger partial charge in [-0.25, -0.2) is 4.79 Å². The normalized spacial score (nSPS) is 19.2. The zero-order chi connectivity index (χ0) is 27.6. The molecule has 1 fully saturated rings. The summed E-state index contributed by atoms with van der Waals surface area (Å²) in [6.45, 7) is 9.39. The molecule has 4 atom stereocenters. The SMILES string of the molecule is C=C(C)O.CC(=O)O.CCOC(=O)C(CO)NC(=O)CC1CC(OC(C)=O)CC(COC(C)=O)O1. The van der Waals surface area contributed by atoms with E-state index in [0.29, 0.717) is 6.42 Å². The predicted octanol–water partition coefficient (Wildman–Crippen LogP) is 0.628. The van der Waals surface area contributed by atoms with Gasteiger partial charge in [-0.3, -0.25) is 19.2 Å². The summed E-state index contributed by atoms with van der Waals surface area (Å²) < 4.78 is 20.6. The van der Waals surface area contributed by atoms with E-state index in [1.165, 1.54) is 20.8 Å². The third kappa shape index (κ3) is 21.1. The van der Waals surface area contributed by atoms with Gasteiger partial charge in [0.15, 0.2) is 6.04 Å². The smallest absolute Gasteiger partial charge is 0.331 e. The summed E-state index contributed by atoms with van der Waals surface area (Å²) in [5.41, 5.74) is 0. The van der Waals surface area contributed by atoms with Crippen molar-refractivity contribution in [2.45, 2.75) is 78.2 Å². The minimum absolute atomic E-state index is 0.0205. The van der Waals surface area contributed by atoms with Crippen LogP contribution in [0.25, 0.3) is 0 Å². The quantitative estimate of drug-likeness (QED) is 0.193. The summed E-state index contributed by atoms with van der Waals surface area (Å²) in [6, 6.07) is -1.16. The van der Waals surface area contributed by atoms with Crippen molar-refractivity contribution < 1.29 is 58.2 Å². The first kappa shape index (κ1) is 34.0. The molecule has 35 heavy (non-hydrogen) atoms. The first-order valence-corrected chi connectivity index (χ1v) is 10.8. The summed E-state index contributed by atoms with van der Waals surface area (Å²) in [7, 11) is 0. The fraction of sp³-hybridized carbons (Fsp3) is 0.682. The third-order valence-electron chi connectivity index (χ3n) is 3.74. The van der Waals surface area contributed by atoms with E-state index in [9.17, 15) is 24.3 Å². The van der Waals surface area contributed by atoms with Crippen molar-refractivity contribution >= 4 is 29.8 Å². The largest absolute Gasteiger partial charge is 0.513 e. The highest BCUT2D eigenvalue weighted by molar-refractivity contribution is 5.84. The van der Waals surface area contributed by atoms with Gasteiger partial charge < -0.3 is 39.6 Å². The van der Waals surface area contributed by atoms with Crippen molar-refractivity contribution in [3.63, 3.8) is 0 Å². The van der Waals surface area contributed by atoms with E-state index in [2.05, 4.69) is 11.9 Å². The van der Waals surface area contributed by atoms with Crippen LogP contribution in [0.15, 0.2) is 12.3 Å². The van der Waals surface area contributed by atoms with Crippen molar-refractivity contribution in [2.75, 3.05) is 19.8 Å². The van der Waals surface area contributed by atoms with E-state index in [1.54, 1.807) is 6.92 Å². The van der Waals surface area contributed by atoms with Gasteiger partial charge >= 0.3 is 17.9 Å². The summed E-state index contributed by atoms with van der Waals surface area (Å²) in [4.78, 5) is 55.0. The number of hydrogen-bond donors (Lipinski definition) is 4. The fourth-order valence-corrected chi connectivity index (χ4v) is 2.73. The lowest BCUT2D eigenvalue weighted by Crippen LogP contribution is -2.47. The number of carboxylic acids is 1. The molecular formula is C22H37NO12. The molecule has 202 valence electrons. The second-order valence-electron chi connectivity index (χ2n) is 7.40. The van der Waals surface area contributed by atoms with Gasteiger partial charge in [0.25, 0.3) is 5.97 Å². The number of carbonyl (C=O) groups excluding carboxylic acids is 4. The molecule has 1 heterocycles. The number of hydrogen-bond acceptors (Lipinski definition) is 11. The number of rotatable bonds is 9. The molecule has 0 aromatic heterocycles. The van der Waals surface area contributed by atoms with Gasteiger partial charge in [0.05, 0.1) is 37.6 Å². The average molecular weight is 508 g/mol. The minimum Gasteiger partial charge on any atom is -0.513 e. The summed E-state index contributed by atoms with van der Waals surface area (Å²) in [5.74, 6) is -2.85. The third-order valence-corrected chi connectivity index (χ3v) is 3.74. The Hall–Kier alpha value is -3.19. The number of ether oxygens (including phenoxy) is 4. The lowest BCUT2D eigenvalue weighted by atomic mass is 9.98. The molecule has 1 saturated heterocycles. The zero-order valence-electron chi connectivity index (χ0n) is 20.8. The molecule has 0 spiro atoms. The van der Waals surface area contributed by atoms with Gasteiger partial charge in [-0.05, 0) is 13.8 Å². The molecule has 1 aliphatic heterocycles. The van der Waals surface area contributed by atoms with Gasteiger partial charge in [-0.1, -0.05) is 6.58 Å². The number of allylic oxidation sites excluding steroid dienone is 1. The van der Waals surface area contributed by atoms with Crippen LogP contribution >= 0.6 is 0 Å². The van der Waals surface area contributed by atoms with E-state index >= 15 is 0 Å². The van der Waals surface area contributed by atoms with Crippen LogP contribution in [0, 0.1) is 0 Å². The highest BCUT2D eigenvalue weighted by Crippen LogP contribution is 2.25. The van der Waals surface area contributed by atoms with Crippen LogP contribution in [0.1, 0.15) is 53.9 Å². The Morgan fingerprint density at radius 1 is 1.00 bits per heavy atom. The Kier molecular flexibility index (Phi) is 18.6. The second kappa shape index (κ2) is 19.2. The molecule has 13 heteroatoms. The Labute approximate surface area is 204 Å². The number of amides is 1. The van der Waals surface area contributed by atoms with E-state index in [-0.39, 0.29) is 31.8 Å². The molecule has 1 amide bonds.